The van der Waals surface area contributed by atoms with Crippen LogP contribution in [0, 0.1) is 11.3 Å². The summed E-state index contributed by atoms with van der Waals surface area (Å²) in [6.07, 6.45) is 0. The zero-order valence-electron chi connectivity index (χ0n) is 8.59. The van der Waals surface area contributed by atoms with Crippen molar-refractivity contribution in [2.24, 2.45) is 10.9 Å². The summed E-state index contributed by atoms with van der Waals surface area (Å²) in [6.45, 7) is 0. The molecule has 86 valence electrons. The van der Waals surface area contributed by atoms with E-state index in [1.165, 1.54) is 0 Å². The molecule has 0 amide bonds. The largest absolute Gasteiger partial charge is 0.410 e. The van der Waals surface area contributed by atoms with E-state index < -0.39 is 0 Å². The monoisotopic (exact) mass is 309 g/mol. The molecule has 0 bridgehead atoms. The second-order valence-corrected chi connectivity index (χ2v) is 5.39. The molecule has 1 aliphatic heterocycles. The number of nitrogens with two attached hydrogens (primary N) is 1. The van der Waals surface area contributed by atoms with E-state index in [1.54, 1.807) is 0 Å². The topological polar surface area (TPSA) is 82.4 Å². The number of thioether (sulfide) groups is 1. The molecule has 0 fully saturated rings. The average Bonchev–Trinajstić information content (AvgIpc) is 2.66. The third-order valence-corrected chi connectivity index (χ3v) is 3.93. The first-order valence-corrected chi connectivity index (χ1v) is 6.33. The molecule has 17 heavy (non-hydrogen) atoms. The Bertz CT molecular complexity index is 545. The van der Waals surface area contributed by atoms with Crippen molar-refractivity contribution in [2.45, 2.75) is 5.92 Å². The highest BCUT2D eigenvalue weighted by molar-refractivity contribution is 9.10. The number of hydrogen-bond acceptors (Lipinski definition) is 5. The number of allylic oxidation sites excluding steroid dienone is 1. The first-order valence-electron chi connectivity index (χ1n) is 4.72. The molecule has 0 saturated heterocycles. The molecule has 0 aliphatic carbocycles. The van der Waals surface area contributed by atoms with Crippen LogP contribution in [0.25, 0.3) is 0 Å². The Morgan fingerprint density at radius 3 is 2.59 bits per heavy atom. The molecule has 1 unspecified atom stereocenters. The fraction of sp³-hybridized carbons (Fsp3) is 0.0909. The van der Waals surface area contributed by atoms with Gasteiger partial charge in [0.2, 0.25) is 0 Å². The molecule has 0 spiro atoms. The first kappa shape index (κ1) is 12.0. The average molecular weight is 310 g/mol. The van der Waals surface area contributed by atoms with E-state index in [2.05, 4.69) is 27.2 Å². The van der Waals surface area contributed by atoms with Crippen LogP contribution in [-0.4, -0.2) is 10.3 Å². The van der Waals surface area contributed by atoms with Crippen molar-refractivity contribution in [1.29, 1.82) is 5.26 Å². The summed E-state index contributed by atoms with van der Waals surface area (Å²) in [4.78, 5) is 0. The molecule has 0 radical (unpaired) electrons. The summed E-state index contributed by atoms with van der Waals surface area (Å²) >= 11 is 4.47. The van der Waals surface area contributed by atoms with Gasteiger partial charge >= 0.3 is 0 Å². The van der Waals surface area contributed by atoms with Gasteiger partial charge in [-0.05, 0) is 17.7 Å². The third kappa shape index (κ3) is 2.16. The van der Waals surface area contributed by atoms with Crippen LogP contribution >= 0.6 is 27.7 Å². The molecule has 0 saturated carbocycles. The molecule has 1 aromatic carbocycles. The maximum Gasteiger partial charge on any atom is 0.131 e. The molecule has 4 nitrogen and oxygen atoms in total. The van der Waals surface area contributed by atoms with Crippen LogP contribution in [0.5, 0.6) is 0 Å². The van der Waals surface area contributed by atoms with Gasteiger partial charge in [0.05, 0.1) is 22.6 Å². The fourth-order valence-corrected chi connectivity index (χ4v) is 2.83. The van der Waals surface area contributed by atoms with Crippen molar-refractivity contribution >= 4 is 32.7 Å². The van der Waals surface area contributed by atoms with E-state index in [-0.39, 0.29) is 5.92 Å². The Balaban J connectivity index is 2.49. The van der Waals surface area contributed by atoms with E-state index in [0.717, 1.165) is 21.8 Å². The highest BCUT2D eigenvalue weighted by Crippen LogP contribution is 2.41. The van der Waals surface area contributed by atoms with Crippen LogP contribution in [-0.2, 0) is 0 Å². The van der Waals surface area contributed by atoms with Gasteiger partial charge in [-0.3, -0.25) is 0 Å². The van der Waals surface area contributed by atoms with Crippen LogP contribution in [0.1, 0.15) is 11.5 Å². The van der Waals surface area contributed by atoms with Crippen molar-refractivity contribution in [3.8, 4) is 6.07 Å². The smallest absolute Gasteiger partial charge is 0.131 e. The van der Waals surface area contributed by atoms with Gasteiger partial charge in [0.15, 0.2) is 0 Å². The summed E-state index contributed by atoms with van der Waals surface area (Å²) in [7, 11) is 0. The van der Waals surface area contributed by atoms with Crippen LogP contribution in [0.2, 0.25) is 0 Å². The number of halogens is 1. The Kier molecular flexibility index (Phi) is 3.41. The van der Waals surface area contributed by atoms with Gasteiger partial charge in [0, 0.05) is 4.47 Å². The minimum absolute atomic E-state index is 0.358. The van der Waals surface area contributed by atoms with Crippen LogP contribution in [0.3, 0.4) is 0 Å². The van der Waals surface area contributed by atoms with Gasteiger partial charge < -0.3 is 10.9 Å². The lowest BCUT2D eigenvalue weighted by atomic mass is 9.93. The van der Waals surface area contributed by atoms with E-state index in [4.69, 9.17) is 16.2 Å². The Hall–Kier alpha value is -1.45. The summed E-state index contributed by atoms with van der Waals surface area (Å²) in [6, 6.07) is 9.56. The van der Waals surface area contributed by atoms with Gasteiger partial charge in [-0.2, -0.15) is 5.26 Å². The molecule has 1 atom stereocenters. The lowest BCUT2D eigenvalue weighted by molar-refractivity contribution is 0.319. The summed E-state index contributed by atoms with van der Waals surface area (Å²) in [5.41, 5.74) is 7.05. The van der Waals surface area contributed by atoms with Crippen molar-refractivity contribution in [1.82, 2.24) is 0 Å². The molecule has 1 aliphatic rings. The molecule has 2 rings (SSSR count). The standard InChI is InChI=1S/C11H8BrN3OS/c12-7-3-1-6(2-4-7)9-8(5-13)10(14)17-11(9)15-16/h1-4,9,16H,14H2/b15-11-. The molecule has 6 heteroatoms. The highest BCUT2D eigenvalue weighted by Gasteiger charge is 2.33. The minimum Gasteiger partial charge on any atom is -0.410 e. The zero-order chi connectivity index (χ0) is 12.4. The second-order valence-electron chi connectivity index (χ2n) is 3.41. The molecule has 3 N–H and O–H groups in total. The van der Waals surface area contributed by atoms with Crippen LogP contribution < -0.4 is 5.73 Å². The number of oxime groups is 1. The minimum atomic E-state index is -0.358. The quantitative estimate of drug-likeness (QED) is 0.617. The predicted octanol–water partition coefficient (Wildman–Crippen LogP) is 2.76. The molecular formula is C11H8BrN3OS. The normalized spacial score (nSPS) is 21.9. The second kappa shape index (κ2) is 4.82. The lowest BCUT2D eigenvalue weighted by Crippen LogP contribution is -2.06. The van der Waals surface area contributed by atoms with Crippen LogP contribution in [0.4, 0.5) is 0 Å². The summed E-state index contributed by atoms with van der Waals surface area (Å²) in [5.74, 6) is -0.358. The molecule has 1 heterocycles. The molecule has 0 aromatic heterocycles. The first-order chi connectivity index (χ1) is 8.17. The zero-order valence-corrected chi connectivity index (χ0v) is 11.0. The van der Waals surface area contributed by atoms with Crippen molar-refractivity contribution in [2.75, 3.05) is 0 Å². The number of hydrogen-bond donors (Lipinski definition) is 2. The predicted molar refractivity (Wildman–Crippen MR) is 70.5 cm³/mol. The Labute approximate surface area is 111 Å². The number of nitrogens with zero attached hydrogens (tertiary/aromatic N) is 2. The third-order valence-electron chi connectivity index (χ3n) is 2.44. The van der Waals surface area contributed by atoms with E-state index in [1.807, 2.05) is 24.3 Å². The SMILES string of the molecule is N#CC1=C(N)S/C(=N\O)C1c1ccc(Br)cc1. The number of nitriles is 1. The van der Waals surface area contributed by atoms with Gasteiger partial charge in [-0.25, -0.2) is 0 Å². The summed E-state index contributed by atoms with van der Waals surface area (Å²) < 4.78 is 0.949. The van der Waals surface area contributed by atoms with Gasteiger partial charge in [0.25, 0.3) is 0 Å². The molecule has 1 aromatic rings. The van der Waals surface area contributed by atoms with Crippen molar-refractivity contribution in [3.05, 3.63) is 44.9 Å². The van der Waals surface area contributed by atoms with Crippen molar-refractivity contribution < 1.29 is 5.21 Å². The maximum atomic E-state index is 9.09. The van der Waals surface area contributed by atoms with Gasteiger partial charge in [-0.1, -0.05) is 45.0 Å². The fourth-order valence-electron chi connectivity index (χ4n) is 1.65. The molecular weight excluding hydrogens is 302 g/mol. The number of rotatable bonds is 1. The van der Waals surface area contributed by atoms with E-state index in [0.29, 0.717) is 15.6 Å². The number of benzene rings is 1. The summed E-state index contributed by atoms with van der Waals surface area (Å²) in [5, 5.41) is 22.1. The van der Waals surface area contributed by atoms with Gasteiger partial charge in [-0.15, -0.1) is 0 Å². The maximum absolute atomic E-state index is 9.09. The lowest BCUT2D eigenvalue weighted by Gasteiger charge is -2.10. The van der Waals surface area contributed by atoms with Crippen LogP contribution in [0.15, 0.2) is 44.5 Å². The Morgan fingerprint density at radius 2 is 2.06 bits per heavy atom. The van der Waals surface area contributed by atoms with Crippen molar-refractivity contribution in [3.63, 3.8) is 0 Å². The van der Waals surface area contributed by atoms with E-state index >= 15 is 0 Å². The Morgan fingerprint density at radius 1 is 1.41 bits per heavy atom. The highest BCUT2D eigenvalue weighted by atomic mass is 79.9. The van der Waals surface area contributed by atoms with E-state index in [9.17, 15) is 0 Å². The van der Waals surface area contributed by atoms with Gasteiger partial charge in [0.1, 0.15) is 5.04 Å².